The lowest BCUT2D eigenvalue weighted by atomic mass is 9.93. The molecule has 0 aromatic rings. The van der Waals surface area contributed by atoms with E-state index in [0.717, 1.165) is 37.4 Å². The third-order valence-corrected chi connectivity index (χ3v) is 4.16. The summed E-state index contributed by atoms with van der Waals surface area (Å²) >= 11 is 6.01. The standard InChI is InChI=1S/C18H27ClNO2/c1-18(2,3)22-17(21)20-11-9-15(10-12-20)13-14-5-4-6-16(19)8-7-14/h5-8,13,15,17,21H,4,9-12H2,1-3H3/q+1. The highest BCUT2D eigenvalue weighted by molar-refractivity contribution is 6.31. The Kier molecular flexibility index (Phi) is 6.16. The molecular weight excluding hydrogens is 298 g/mol. The van der Waals surface area contributed by atoms with Gasteiger partial charge in [-0.3, -0.25) is 4.90 Å². The molecule has 2 rings (SSSR count). The number of rotatable bonds is 3. The van der Waals surface area contributed by atoms with Crippen LogP contribution >= 0.6 is 11.6 Å². The first kappa shape index (κ1) is 17.6. The van der Waals surface area contributed by atoms with E-state index in [1.165, 1.54) is 5.57 Å². The van der Waals surface area contributed by atoms with Crippen LogP contribution in [0.4, 0.5) is 0 Å². The number of hydrogen-bond donors (Lipinski definition) is 1. The number of nitrogens with zero attached hydrogens (tertiary/aromatic N) is 1. The minimum atomic E-state index is -0.805. The van der Waals surface area contributed by atoms with Crippen LogP contribution in [-0.2, 0) is 4.74 Å². The van der Waals surface area contributed by atoms with Crippen molar-refractivity contribution in [3.8, 4) is 0 Å². The van der Waals surface area contributed by atoms with Gasteiger partial charge in [0.1, 0.15) is 5.57 Å². The van der Waals surface area contributed by atoms with Crippen molar-refractivity contribution >= 4 is 11.6 Å². The molecular formula is C18H27ClNO2+. The van der Waals surface area contributed by atoms with Gasteiger partial charge in [-0.05, 0) is 39.7 Å². The number of hydrogen-bond acceptors (Lipinski definition) is 3. The molecule has 0 bridgehead atoms. The summed E-state index contributed by atoms with van der Waals surface area (Å²) < 4.78 is 5.62. The number of aliphatic hydroxyl groups is 1. The molecule has 0 aromatic carbocycles. The molecule has 4 heteroatoms. The molecule has 1 fully saturated rings. The predicted molar refractivity (Wildman–Crippen MR) is 91.2 cm³/mol. The molecule has 1 unspecified atom stereocenters. The fourth-order valence-electron chi connectivity index (χ4n) is 2.71. The van der Waals surface area contributed by atoms with Gasteiger partial charge in [-0.25, -0.2) is 0 Å². The maximum atomic E-state index is 10.1. The third-order valence-electron chi connectivity index (χ3n) is 3.88. The maximum absolute atomic E-state index is 10.1. The average molecular weight is 325 g/mol. The Morgan fingerprint density at radius 3 is 2.68 bits per heavy atom. The molecule has 1 aliphatic heterocycles. The van der Waals surface area contributed by atoms with Crippen LogP contribution in [0.25, 0.3) is 0 Å². The molecule has 0 amide bonds. The zero-order chi connectivity index (χ0) is 16.2. The summed E-state index contributed by atoms with van der Waals surface area (Å²) in [4.78, 5) is 2.01. The third kappa shape index (κ3) is 5.81. The lowest BCUT2D eigenvalue weighted by Crippen LogP contribution is -2.45. The van der Waals surface area contributed by atoms with Gasteiger partial charge in [0.05, 0.1) is 10.6 Å². The Morgan fingerprint density at radius 1 is 1.36 bits per heavy atom. The van der Waals surface area contributed by atoms with Crippen molar-refractivity contribution < 1.29 is 9.84 Å². The van der Waals surface area contributed by atoms with Crippen LogP contribution in [0.2, 0.25) is 0 Å². The van der Waals surface area contributed by atoms with E-state index in [4.69, 9.17) is 16.3 Å². The van der Waals surface area contributed by atoms with Gasteiger partial charge in [0.15, 0.2) is 0 Å². The predicted octanol–water partition coefficient (Wildman–Crippen LogP) is 4.00. The molecule has 1 atom stereocenters. The van der Waals surface area contributed by atoms with Gasteiger partial charge in [0, 0.05) is 50.1 Å². The number of aliphatic hydroxyl groups excluding tert-OH is 1. The molecule has 3 nitrogen and oxygen atoms in total. The minimum absolute atomic E-state index is 0.329. The highest BCUT2D eigenvalue weighted by Crippen LogP contribution is 2.25. The van der Waals surface area contributed by atoms with Gasteiger partial charge in [-0.15, -0.1) is 0 Å². The fraction of sp³-hybridized carbons (Fsp3) is 0.611. The summed E-state index contributed by atoms with van der Waals surface area (Å²) in [6.45, 7) is 7.59. The molecule has 0 saturated carbocycles. The monoisotopic (exact) mass is 324 g/mol. The van der Waals surface area contributed by atoms with Gasteiger partial charge in [-0.1, -0.05) is 11.6 Å². The molecule has 122 valence electrons. The van der Waals surface area contributed by atoms with E-state index in [2.05, 4.69) is 18.6 Å². The highest BCUT2D eigenvalue weighted by atomic mass is 35.5. The Labute approximate surface area is 139 Å². The lowest BCUT2D eigenvalue weighted by Gasteiger charge is -2.36. The summed E-state index contributed by atoms with van der Waals surface area (Å²) in [5, 5.41) is 10.9. The van der Waals surface area contributed by atoms with Crippen LogP contribution in [0.15, 0.2) is 34.9 Å². The SMILES string of the molecule is CC(C)(C)OC(O)N1CCC(C=C2C=CC(Cl)=CC[CH+]2)CC1. The molecule has 1 aliphatic carbocycles. The molecule has 1 heterocycles. The van der Waals surface area contributed by atoms with E-state index in [1.807, 2.05) is 37.8 Å². The van der Waals surface area contributed by atoms with Gasteiger partial charge in [0.2, 0.25) is 6.41 Å². The Hall–Kier alpha value is -0.740. The lowest BCUT2D eigenvalue weighted by molar-refractivity contribution is -0.242. The zero-order valence-corrected chi connectivity index (χ0v) is 14.5. The molecule has 0 spiro atoms. The van der Waals surface area contributed by atoms with Crippen LogP contribution in [0.3, 0.4) is 0 Å². The zero-order valence-electron chi connectivity index (χ0n) is 13.8. The second-order valence-electron chi connectivity index (χ2n) is 6.96. The Balaban J connectivity index is 1.83. The van der Waals surface area contributed by atoms with Gasteiger partial charge in [0.25, 0.3) is 0 Å². The van der Waals surface area contributed by atoms with Crippen molar-refractivity contribution in [2.45, 2.75) is 52.0 Å². The van der Waals surface area contributed by atoms with E-state index < -0.39 is 6.41 Å². The van der Waals surface area contributed by atoms with Gasteiger partial charge in [-0.2, -0.15) is 0 Å². The van der Waals surface area contributed by atoms with E-state index in [1.54, 1.807) is 0 Å². The van der Waals surface area contributed by atoms with Crippen LogP contribution in [0, 0.1) is 12.3 Å². The molecule has 0 aromatic heterocycles. The summed E-state index contributed by atoms with van der Waals surface area (Å²) in [6, 6.07) is 0. The number of likely N-dealkylation sites (tertiary alicyclic amines) is 1. The molecule has 22 heavy (non-hydrogen) atoms. The van der Waals surface area contributed by atoms with Crippen molar-refractivity contribution in [3.63, 3.8) is 0 Å². The summed E-state index contributed by atoms with van der Waals surface area (Å²) in [7, 11) is 0. The number of piperidine rings is 1. The van der Waals surface area contributed by atoms with Crippen molar-refractivity contribution in [3.05, 3.63) is 41.3 Å². The maximum Gasteiger partial charge on any atom is 0.216 e. The van der Waals surface area contributed by atoms with Crippen LogP contribution in [-0.4, -0.2) is 35.1 Å². The molecule has 0 radical (unpaired) electrons. The summed E-state index contributed by atoms with van der Waals surface area (Å²) in [5.41, 5.74) is 0.918. The van der Waals surface area contributed by atoms with Gasteiger partial charge >= 0.3 is 0 Å². The van der Waals surface area contributed by atoms with Crippen LogP contribution < -0.4 is 0 Å². The Bertz CT molecular complexity index is 454. The smallest absolute Gasteiger partial charge is 0.216 e. The first-order chi connectivity index (χ1) is 10.3. The normalized spacial score (nSPS) is 24.8. The van der Waals surface area contributed by atoms with E-state index >= 15 is 0 Å². The molecule has 1 saturated heterocycles. The van der Waals surface area contributed by atoms with Crippen LogP contribution in [0.5, 0.6) is 0 Å². The van der Waals surface area contributed by atoms with Crippen LogP contribution in [0.1, 0.15) is 40.0 Å². The quantitative estimate of drug-likeness (QED) is 0.629. The van der Waals surface area contributed by atoms with Crippen molar-refractivity contribution in [2.75, 3.05) is 13.1 Å². The molecule has 2 aliphatic rings. The second-order valence-corrected chi connectivity index (χ2v) is 7.40. The minimum Gasteiger partial charge on any atom is -0.356 e. The highest BCUT2D eigenvalue weighted by Gasteiger charge is 2.27. The number of allylic oxidation sites excluding steroid dienone is 6. The van der Waals surface area contributed by atoms with E-state index in [-0.39, 0.29) is 5.60 Å². The first-order valence-electron chi connectivity index (χ1n) is 8.02. The van der Waals surface area contributed by atoms with Crippen molar-refractivity contribution in [1.82, 2.24) is 4.90 Å². The fourth-order valence-corrected chi connectivity index (χ4v) is 2.87. The molecule has 1 N–H and O–H groups in total. The topological polar surface area (TPSA) is 32.7 Å². The Morgan fingerprint density at radius 2 is 2.05 bits per heavy atom. The number of ether oxygens (including phenoxy) is 1. The average Bonchev–Trinajstić information content (AvgIpc) is 2.63. The van der Waals surface area contributed by atoms with Gasteiger partial charge < -0.3 is 9.84 Å². The summed E-state index contributed by atoms with van der Waals surface area (Å²) in [6.07, 6.45) is 12.7. The van der Waals surface area contributed by atoms with Crippen molar-refractivity contribution in [1.29, 1.82) is 0 Å². The van der Waals surface area contributed by atoms with E-state index in [0.29, 0.717) is 5.92 Å². The summed E-state index contributed by atoms with van der Waals surface area (Å²) in [5.74, 6) is 0.547. The van der Waals surface area contributed by atoms with Crippen molar-refractivity contribution in [2.24, 2.45) is 5.92 Å². The van der Waals surface area contributed by atoms with E-state index in [9.17, 15) is 5.11 Å². The largest absolute Gasteiger partial charge is 0.356 e. The number of halogens is 1. The second kappa shape index (κ2) is 7.69. The first-order valence-corrected chi connectivity index (χ1v) is 8.40.